The van der Waals surface area contributed by atoms with Crippen LogP contribution in [0.5, 0.6) is 5.75 Å². The van der Waals surface area contributed by atoms with Gasteiger partial charge >= 0.3 is 0 Å². The number of hydrogen-bond acceptors (Lipinski definition) is 4. The van der Waals surface area contributed by atoms with Crippen LogP contribution in [0.25, 0.3) is 0 Å². The second kappa shape index (κ2) is 13.8. The molecule has 0 aliphatic carbocycles. The lowest BCUT2D eigenvalue weighted by molar-refractivity contribution is -0.161. The van der Waals surface area contributed by atoms with Crippen molar-refractivity contribution in [2.75, 3.05) is 32.8 Å². The standard InChI is InChI=1S/C32H45N3O3/c1-3-21-35-30(36)29(25-27-15-17-28(18-16-27)38-4-2)33-31(37)32(35)19-23-34(24-20-32)22-11-6-5-8-12-26-13-9-7-10-14-26/h7,9-10,13-18,29H,3-6,8,11-12,19-25H2,1-2H3,(H,33,37)/t29-/m1/s1. The topological polar surface area (TPSA) is 61.9 Å². The minimum Gasteiger partial charge on any atom is -0.494 e. The summed E-state index contributed by atoms with van der Waals surface area (Å²) in [5.74, 6) is 0.912. The molecule has 2 saturated heterocycles. The number of aryl methyl sites for hydroxylation is 1. The van der Waals surface area contributed by atoms with E-state index in [2.05, 4.69) is 47.5 Å². The number of piperidine rings is 1. The monoisotopic (exact) mass is 519 g/mol. The zero-order valence-electron chi connectivity index (χ0n) is 23.3. The molecule has 4 rings (SSSR count). The molecule has 0 aromatic heterocycles. The summed E-state index contributed by atoms with van der Waals surface area (Å²) in [7, 11) is 0. The Hall–Kier alpha value is -2.86. The lowest BCUT2D eigenvalue weighted by atomic mass is 9.81. The Morgan fingerprint density at radius 2 is 1.58 bits per heavy atom. The zero-order valence-corrected chi connectivity index (χ0v) is 23.3. The molecule has 38 heavy (non-hydrogen) atoms. The summed E-state index contributed by atoms with van der Waals surface area (Å²) >= 11 is 0. The Labute approximate surface area is 228 Å². The Bertz CT molecular complexity index is 1020. The second-order valence-electron chi connectivity index (χ2n) is 10.8. The molecular weight excluding hydrogens is 474 g/mol. The van der Waals surface area contributed by atoms with Gasteiger partial charge in [-0.3, -0.25) is 9.59 Å². The molecule has 6 heteroatoms. The van der Waals surface area contributed by atoms with Crippen molar-refractivity contribution in [1.29, 1.82) is 0 Å². The van der Waals surface area contributed by atoms with Gasteiger partial charge in [0.05, 0.1) is 6.61 Å². The van der Waals surface area contributed by atoms with E-state index in [1.54, 1.807) is 0 Å². The SMILES string of the molecule is CCCN1C(=O)[C@@H](Cc2ccc(OCC)cc2)NC(=O)C12CCN(CCCCCCc1ccccc1)CC2. The van der Waals surface area contributed by atoms with E-state index in [0.29, 0.717) is 32.4 Å². The van der Waals surface area contributed by atoms with Crippen LogP contribution >= 0.6 is 0 Å². The lowest BCUT2D eigenvalue weighted by Crippen LogP contribution is -2.73. The van der Waals surface area contributed by atoms with E-state index >= 15 is 0 Å². The van der Waals surface area contributed by atoms with Crippen molar-refractivity contribution in [2.45, 2.75) is 83.2 Å². The Kier molecular flexibility index (Phi) is 10.2. The van der Waals surface area contributed by atoms with Crippen molar-refractivity contribution < 1.29 is 14.3 Å². The Balaban J connectivity index is 1.26. The van der Waals surface area contributed by atoms with Crippen LogP contribution in [0.15, 0.2) is 54.6 Å². The smallest absolute Gasteiger partial charge is 0.246 e. The number of likely N-dealkylation sites (tertiary alicyclic amines) is 1. The molecule has 0 saturated carbocycles. The zero-order chi connectivity index (χ0) is 26.8. The Morgan fingerprint density at radius 1 is 0.868 bits per heavy atom. The molecule has 0 radical (unpaired) electrons. The normalized spacial score (nSPS) is 19.5. The number of hydrogen-bond donors (Lipinski definition) is 1. The third-order valence-electron chi connectivity index (χ3n) is 8.15. The number of nitrogens with zero attached hydrogens (tertiary/aromatic N) is 2. The molecule has 0 unspecified atom stereocenters. The fourth-order valence-corrected chi connectivity index (χ4v) is 5.99. The molecule has 2 aromatic carbocycles. The minimum absolute atomic E-state index is 0.0297. The van der Waals surface area contributed by atoms with Crippen molar-refractivity contribution in [2.24, 2.45) is 0 Å². The van der Waals surface area contributed by atoms with Gasteiger partial charge in [0.25, 0.3) is 0 Å². The van der Waals surface area contributed by atoms with Crippen molar-refractivity contribution in [1.82, 2.24) is 15.1 Å². The molecular formula is C32H45N3O3. The molecule has 1 N–H and O–H groups in total. The van der Waals surface area contributed by atoms with Gasteiger partial charge in [0.1, 0.15) is 17.3 Å². The molecule has 206 valence electrons. The largest absolute Gasteiger partial charge is 0.494 e. The van der Waals surface area contributed by atoms with Crippen molar-refractivity contribution in [3.63, 3.8) is 0 Å². The molecule has 0 bridgehead atoms. The molecule has 2 amide bonds. The number of piperazine rings is 1. The van der Waals surface area contributed by atoms with E-state index in [4.69, 9.17) is 4.74 Å². The van der Waals surface area contributed by atoms with Gasteiger partial charge in [0, 0.05) is 26.1 Å². The van der Waals surface area contributed by atoms with Crippen LogP contribution in [0, 0.1) is 0 Å². The minimum atomic E-state index is -0.700. The van der Waals surface area contributed by atoms with Crippen LogP contribution in [0.4, 0.5) is 0 Å². The maximum Gasteiger partial charge on any atom is 0.246 e. The average Bonchev–Trinajstić information content (AvgIpc) is 2.94. The first-order valence-electron chi connectivity index (χ1n) is 14.7. The summed E-state index contributed by atoms with van der Waals surface area (Å²) in [5.41, 5.74) is 1.75. The number of benzene rings is 2. The van der Waals surface area contributed by atoms with Crippen LogP contribution in [0.2, 0.25) is 0 Å². The fraction of sp³-hybridized carbons (Fsp3) is 0.562. The molecule has 2 heterocycles. The van der Waals surface area contributed by atoms with Gasteiger partial charge in [-0.1, -0.05) is 62.2 Å². The number of rotatable bonds is 13. The van der Waals surface area contributed by atoms with Gasteiger partial charge in [-0.15, -0.1) is 0 Å². The molecule has 2 aliphatic rings. The van der Waals surface area contributed by atoms with Crippen molar-refractivity contribution in [3.8, 4) is 5.75 Å². The number of nitrogens with one attached hydrogen (secondary N) is 1. The van der Waals surface area contributed by atoms with E-state index in [1.807, 2.05) is 36.1 Å². The van der Waals surface area contributed by atoms with E-state index in [0.717, 1.165) is 43.8 Å². The number of carbonyl (C=O) groups is 2. The van der Waals surface area contributed by atoms with Crippen LogP contribution in [-0.2, 0) is 22.4 Å². The summed E-state index contributed by atoms with van der Waals surface area (Å²) in [6.07, 6.45) is 8.86. The van der Waals surface area contributed by atoms with Gasteiger partial charge in [-0.2, -0.15) is 0 Å². The number of carbonyl (C=O) groups excluding carboxylic acids is 2. The summed E-state index contributed by atoms with van der Waals surface area (Å²) < 4.78 is 5.53. The fourth-order valence-electron chi connectivity index (χ4n) is 5.99. The molecule has 1 atom stereocenters. The van der Waals surface area contributed by atoms with Gasteiger partial charge in [-0.25, -0.2) is 0 Å². The highest BCUT2D eigenvalue weighted by molar-refractivity contribution is 6.00. The average molecular weight is 520 g/mol. The molecule has 2 fully saturated rings. The third-order valence-corrected chi connectivity index (χ3v) is 8.15. The highest BCUT2D eigenvalue weighted by Crippen LogP contribution is 2.34. The van der Waals surface area contributed by atoms with Gasteiger partial charge in [-0.05, 0) is 75.3 Å². The van der Waals surface area contributed by atoms with Crippen molar-refractivity contribution in [3.05, 3.63) is 65.7 Å². The van der Waals surface area contributed by atoms with E-state index in [9.17, 15) is 9.59 Å². The maximum atomic E-state index is 13.6. The Morgan fingerprint density at radius 3 is 2.26 bits per heavy atom. The quantitative estimate of drug-likeness (QED) is 0.378. The molecule has 6 nitrogen and oxygen atoms in total. The van der Waals surface area contributed by atoms with Gasteiger partial charge in [0.2, 0.25) is 11.8 Å². The summed E-state index contributed by atoms with van der Waals surface area (Å²) in [6.45, 7) is 8.11. The first-order valence-corrected chi connectivity index (χ1v) is 14.7. The van der Waals surface area contributed by atoms with Crippen LogP contribution in [0.3, 0.4) is 0 Å². The van der Waals surface area contributed by atoms with Gasteiger partial charge in [0.15, 0.2) is 0 Å². The molecule has 2 aromatic rings. The number of unbranched alkanes of at least 4 members (excludes halogenated alkanes) is 3. The summed E-state index contributed by atoms with van der Waals surface area (Å²) in [5, 5.41) is 3.12. The predicted octanol–water partition coefficient (Wildman–Crippen LogP) is 5.00. The molecule has 1 spiro atoms. The van der Waals surface area contributed by atoms with Gasteiger partial charge < -0.3 is 19.9 Å². The van der Waals surface area contributed by atoms with Crippen LogP contribution in [0.1, 0.15) is 69.9 Å². The lowest BCUT2D eigenvalue weighted by Gasteiger charge is -2.51. The van der Waals surface area contributed by atoms with E-state index < -0.39 is 11.6 Å². The summed E-state index contributed by atoms with van der Waals surface area (Å²) in [6, 6.07) is 18.0. The second-order valence-corrected chi connectivity index (χ2v) is 10.8. The molecule has 2 aliphatic heterocycles. The van der Waals surface area contributed by atoms with Crippen molar-refractivity contribution >= 4 is 11.8 Å². The summed E-state index contributed by atoms with van der Waals surface area (Å²) in [4.78, 5) is 31.6. The first-order chi connectivity index (χ1) is 18.6. The van der Waals surface area contributed by atoms with E-state index in [1.165, 1.54) is 31.2 Å². The number of amides is 2. The highest BCUT2D eigenvalue weighted by Gasteiger charge is 2.53. The van der Waals surface area contributed by atoms with Crippen LogP contribution in [-0.4, -0.2) is 66.0 Å². The predicted molar refractivity (Wildman–Crippen MR) is 152 cm³/mol. The third kappa shape index (κ3) is 6.96. The van der Waals surface area contributed by atoms with E-state index in [-0.39, 0.29) is 11.8 Å². The maximum absolute atomic E-state index is 13.6. The number of ether oxygens (including phenoxy) is 1. The first kappa shape index (κ1) is 28.2. The van der Waals surface area contributed by atoms with Crippen LogP contribution < -0.4 is 10.1 Å². The highest BCUT2D eigenvalue weighted by atomic mass is 16.5.